The van der Waals surface area contributed by atoms with Crippen LogP contribution in [0, 0.1) is 0 Å². The van der Waals surface area contributed by atoms with E-state index >= 15 is 0 Å². The maximum atomic E-state index is 12.0. The van der Waals surface area contributed by atoms with Gasteiger partial charge in [-0.1, -0.05) is 54.6 Å². The molecule has 27 heavy (non-hydrogen) atoms. The molecule has 5 nitrogen and oxygen atoms in total. The summed E-state index contributed by atoms with van der Waals surface area (Å²) in [6.07, 6.45) is -0.618. The van der Waals surface area contributed by atoms with Crippen LogP contribution in [0.15, 0.2) is 71.4 Å². The second-order valence-electron chi connectivity index (χ2n) is 5.86. The van der Waals surface area contributed by atoms with Gasteiger partial charge in [-0.25, -0.2) is 4.79 Å². The molecular formula is C21H20N2O3S. The molecule has 0 aliphatic rings. The summed E-state index contributed by atoms with van der Waals surface area (Å²) < 4.78 is 5.08. The molecule has 2 amide bonds. The fourth-order valence-electron chi connectivity index (χ4n) is 2.56. The highest BCUT2D eigenvalue weighted by molar-refractivity contribution is 7.08. The first kappa shape index (κ1) is 18.7. The Balaban J connectivity index is 1.43. The number of thiophene rings is 1. The molecule has 0 aliphatic carbocycles. The van der Waals surface area contributed by atoms with E-state index in [1.165, 1.54) is 0 Å². The number of benzene rings is 2. The van der Waals surface area contributed by atoms with E-state index in [4.69, 9.17) is 4.74 Å². The van der Waals surface area contributed by atoms with Crippen molar-refractivity contribution < 1.29 is 14.3 Å². The average molecular weight is 380 g/mol. The molecule has 0 spiro atoms. The normalized spacial score (nSPS) is 10.2. The molecule has 0 radical (unpaired) electrons. The van der Waals surface area contributed by atoms with Crippen LogP contribution in [-0.2, 0) is 22.7 Å². The zero-order valence-electron chi connectivity index (χ0n) is 14.7. The summed E-state index contributed by atoms with van der Waals surface area (Å²) in [4.78, 5) is 23.7. The van der Waals surface area contributed by atoms with E-state index in [1.807, 2.05) is 60.0 Å². The number of nitrogens with one attached hydrogen (secondary N) is 2. The molecule has 0 bridgehead atoms. The first-order valence-corrected chi connectivity index (χ1v) is 9.48. The highest BCUT2D eigenvalue weighted by atomic mass is 32.1. The van der Waals surface area contributed by atoms with Crippen LogP contribution in [0.1, 0.15) is 11.1 Å². The van der Waals surface area contributed by atoms with Crippen LogP contribution in [0.25, 0.3) is 11.1 Å². The molecule has 3 rings (SSSR count). The number of carbonyl (C=O) groups is 2. The van der Waals surface area contributed by atoms with Crippen molar-refractivity contribution in [1.29, 1.82) is 0 Å². The first-order valence-electron chi connectivity index (χ1n) is 8.54. The monoisotopic (exact) mass is 380 g/mol. The zero-order valence-corrected chi connectivity index (χ0v) is 15.5. The fourth-order valence-corrected chi connectivity index (χ4v) is 3.21. The number of alkyl carbamates (subject to hydrolysis) is 1. The standard InChI is InChI=1S/C21H20N2O3S/c24-20(13-23-21(25)26-14-16-6-2-1-3-7-16)22-12-17-8-4-5-9-19(17)18-10-11-27-15-18/h1-11,15H,12-14H2,(H,22,24)(H,23,25). The lowest BCUT2D eigenvalue weighted by Crippen LogP contribution is -2.36. The van der Waals surface area contributed by atoms with Crippen molar-refractivity contribution in [2.45, 2.75) is 13.2 Å². The van der Waals surface area contributed by atoms with E-state index in [2.05, 4.69) is 22.1 Å². The van der Waals surface area contributed by atoms with Crippen LogP contribution in [0.4, 0.5) is 4.79 Å². The number of hydrogen-bond acceptors (Lipinski definition) is 4. The molecule has 2 N–H and O–H groups in total. The van der Waals surface area contributed by atoms with Gasteiger partial charge in [0.15, 0.2) is 0 Å². The first-order chi connectivity index (χ1) is 13.2. The number of hydrogen-bond donors (Lipinski definition) is 2. The molecule has 0 fully saturated rings. The van der Waals surface area contributed by atoms with Gasteiger partial charge < -0.3 is 15.4 Å². The highest BCUT2D eigenvalue weighted by Crippen LogP contribution is 2.25. The minimum Gasteiger partial charge on any atom is -0.445 e. The van der Waals surface area contributed by atoms with Crippen LogP contribution in [0.5, 0.6) is 0 Å². The van der Waals surface area contributed by atoms with E-state index < -0.39 is 6.09 Å². The zero-order chi connectivity index (χ0) is 18.9. The third kappa shape index (κ3) is 5.69. The fraction of sp³-hybridized carbons (Fsp3) is 0.143. The van der Waals surface area contributed by atoms with Gasteiger partial charge in [0.1, 0.15) is 13.2 Å². The van der Waals surface area contributed by atoms with Crippen molar-refractivity contribution in [3.8, 4) is 11.1 Å². The largest absolute Gasteiger partial charge is 0.445 e. The van der Waals surface area contributed by atoms with Crippen LogP contribution in [0.2, 0.25) is 0 Å². The molecule has 138 valence electrons. The summed E-state index contributed by atoms with van der Waals surface area (Å²) in [7, 11) is 0. The van der Waals surface area contributed by atoms with Gasteiger partial charge in [-0.2, -0.15) is 11.3 Å². The Labute approximate surface area is 162 Å². The highest BCUT2D eigenvalue weighted by Gasteiger charge is 2.09. The smallest absolute Gasteiger partial charge is 0.407 e. The Morgan fingerprint density at radius 3 is 2.48 bits per heavy atom. The lowest BCUT2D eigenvalue weighted by atomic mass is 10.0. The Bertz CT molecular complexity index is 879. The van der Waals surface area contributed by atoms with E-state index in [1.54, 1.807) is 11.3 Å². The minimum atomic E-state index is -0.618. The summed E-state index contributed by atoms with van der Waals surface area (Å²) in [5.74, 6) is -0.271. The van der Waals surface area contributed by atoms with Gasteiger partial charge in [0.05, 0.1) is 0 Å². The van der Waals surface area contributed by atoms with Crippen LogP contribution in [-0.4, -0.2) is 18.5 Å². The van der Waals surface area contributed by atoms with Gasteiger partial charge in [0.2, 0.25) is 5.91 Å². The van der Waals surface area contributed by atoms with Gasteiger partial charge in [0.25, 0.3) is 0 Å². The number of amides is 2. The molecule has 6 heteroatoms. The van der Waals surface area contributed by atoms with Gasteiger partial charge >= 0.3 is 6.09 Å². The molecule has 0 saturated heterocycles. The van der Waals surface area contributed by atoms with Crippen LogP contribution >= 0.6 is 11.3 Å². The Hall–Kier alpha value is -3.12. The predicted molar refractivity (Wildman–Crippen MR) is 106 cm³/mol. The Morgan fingerprint density at radius 1 is 0.926 bits per heavy atom. The third-order valence-electron chi connectivity index (χ3n) is 3.93. The van der Waals surface area contributed by atoms with E-state index in [0.717, 1.165) is 22.3 Å². The van der Waals surface area contributed by atoms with Gasteiger partial charge in [0, 0.05) is 6.54 Å². The molecule has 3 aromatic rings. The molecule has 2 aromatic carbocycles. The van der Waals surface area contributed by atoms with Crippen LogP contribution < -0.4 is 10.6 Å². The molecule has 0 atom stereocenters. The molecule has 0 aliphatic heterocycles. The van der Waals surface area contributed by atoms with Gasteiger partial charge in [-0.3, -0.25) is 4.79 Å². The molecule has 1 aromatic heterocycles. The Kier molecular flexibility index (Phi) is 6.60. The minimum absolute atomic E-state index is 0.131. The summed E-state index contributed by atoms with van der Waals surface area (Å²) in [5.41, 5.74) is 4.14. The number of rotatable bonds is 7. The second-order valence-corrected chi connectivity index (χ2v) is 6.64. The van der Waals surface area contributed by atoms with E-state index in [9.17, 15) is 9.59 Å². The molecule has 0 saturated carbocycles. The third-order valence-corrected chi connectivity index (χ3v) is 4.61. The predicted octanol–water partition coefficient (Wildman–Crippen LogP) is 3.96. The number of ether oxygens (including phenoxy) is 1. The van der Waals surface area contributed by atoms with Crippen molar-refractivity contribution in [3.05, 3.63) is 82.6 Å². The second kappa shape index (κ2) is 9.54. The van der Waals surface area contributed by atoms with E-state index in [-0.39, 0.29) is 19.1 Å². The summed E-state index contributed by atoms with van der Waals surface area (Å²) >= 11 is 1.63. The molecule has 1 heterocycles. The van der Waals surface area contributed by atoms with Crippen LogP contribution in [0.3, 0.4) is 0 Å². The quantitative estimate of drug-likeness (QED) is 0.652. The molecular weight excluding hydrogens is 360 g/mol. The molecule has 0 unspecified atom stereocenters. The number of carbonyl (C=O) groups excluding carboxylic acids is 2. The van der Waals surface area contributed by atoms with Crippen molar-refractivity contribution in [3.63, 3.8) is 0 Å². The van der Waals surface area contributed by atoms with Crippen molar-refractivity contribution in [2.75, 3.05) is 6.54 Å². The summed E-state index contributed by atoms with van der Waals surface area (Å²) in [5, 5.41) is 9.38. The van der Waals surface area contributed by atoms with Gasteiger partial charge in [-0.15, -0.1) is 0 Å². The maximum absolute atomic E-state index is 12.0. The maximum Gasteiger partial charge on any atom is 0.407 e. The van der Waals surface area contributed by atoms with Crippen molar-refractivity contribution >= 4 is 23.3 Å². The van der Waals surface area contributed by atoms with Gasteiger partial charge in [-0.05, 0) is 39.1 Å². The SMILES string of the molecule is O=C(CNC(=O)OCc1ccccc1)NCc1ccccc1-c1ccsc1. The average Bonchev–Trinajstić information content (AvgIpc) is 3.25. The van der Waals surface area contributed by atoms with E-state index in [0.29, 0.717) is 6.54 Å². The lowest BCUT2D eigenvalue weighted by Gasteiger charge is -2.11. The van der Waals surface area contributed by atoms with Crippen molar-refractivity contribution in [2.24, 2.45) is 0 Å². The lowest BCUT2D eigenvalue weighted by molar-refractivity contribution is -0.120. The Morgan fingerprint density at radius 2 is 1.70 bits per heavy atom. The van der Waals surface area contributed by atoms with Crippen molar-refractivity contribution in [1.82, 2.24) is 10.6 Å². The topological polar surface area (TPSA) is 67.4 Å². The summed E-state index contributed by atoms with van der Waals surface area (Å²) in [6, 6.07) is 19.3. The summed E-state index contributed by atoms with van der Waals surface area (Å²) in [6.45, 7) is 0.433.